The Hall–Kier alpha value is -0.850. The highest BCUT2D eigenvalue weighted by molar-refractivity contribution is 5.80. The molecule has 3 rings (SSSR count). The van der Waals surface area contributed by atoms with Gasteiger partial charge >= 0.3 is 0 Å². The number of hydrogen-bond donors (Lipinski definition) is 1. The minimum absolute atomic E-state index is 0.251. The third-order valence-electron chi connectivity index (χ3n) is 5.47. The van der Waals surface area contributed by atoms with Crippen molar-refractivity contribution in [3.05, 3.63) is 0 Å². The van der Waals surface area contributed by atoms with Crippen LogP contribution in [0.2, 0.25) is 0 Å². The zero-order valence-corrected chi connectivity index (χ0v) is 15.6. The normalized spacial score (nSPS) is 32.2. The molecule has 0 saturated carbocycles. The quantitative estimate of drug-likeness (QED) is 0.613. The van der Waals surface area contributed by atoms with Gasteiger partial charge in [0.05, 0.1) is 19.3 Å². The van der Waals surface area contributed by atoms with Crippen LogP contribution in [0.4, 0.5) is 0 Å². The highest BCUT2D eigenvalue weighted by atomic mass is 16.5. The topological polar surface area (TPSA) is 49.3 Å². The highest BCUT2D eigenvalue weighted by Crippen LogP contribution is 2.38. The van der Waals surface area contributed by atoms with Crippen molar-refractivity contribution in [1.82, 2.24) is 15.1 Å². The van der Waals surface area contributed by atoms with E-state index in [9.17, 15) is 0 Å². The summed E-state index contributed by atoms with van der Waals surface area (Å²) in [5, 5.41) is 3.54. The van der Waals surface area contributed by atoms with Gasteiger partial charge in [0.25, 0.3) is 0 Å². The maximum absolute atomic E-state index is 5.94. The number of aliphatic imine (C=N–C) groups is 1. The summed E-state index contributed by atoms with van der Waals surface area (Å²) in [6.07, 6.45) is 2.66. The van der Waals surface area contributed by atoms with Crippen LogP contribution in [0.5, 0.6) is 0 Å². The van der Waals surface area contributed by atoms with Gasteiger partial charge < -0.3 is 19.7 Å². The predicted octanol–water partition coefficient (Wildman–Crippen LogP) is 1.03. The fourth-order valence-electron chi connectivity index (χ4n) is 4.21. The van der Waals surface area contributed by atoms with E-state index in [1.807, 2.05) is 7.05 Å². The summed E-state index contributed by atoms with van der Waals surface area (Å²) in [5.74, 6) is 1.72. The van der Waals surface area contributed by atoms with E-state index in [1.54, 1.807) is 0 Å². The van der Waals surface area contributed by atoms with Crippen LogP contribution in [-0.2, 0) is 9.47 Å². The predicted molar refractivity (Wildman–Crippen MR) is 96.4 cm³/mol. The van der Waals surface area contributed by atoms with Crippen molar-refractivity contribution < 1.29 is 9.47 Å². The summed E-state index contributed by atoms with van der Waals surface area (Å²) < 4.78 is 11.6. The molecule has 3 aliphatic heterocycles. The Morgan fingerprint density at radius 1 is 1.29 bits per heavy atom. The molecule has 2 atom stereocenters. The first-order valence-electron chi connectivity index (χ1n) is 9.47. The van der Waals surface area contributed by atoms with Gasteiger partial charge in [0.15, 0.2) is 5.96 Å². The Morgan fingerprint density at radius 2 is 2.17 bits per heavy atom. The first-order chi connectivity index (χ1) is 11.6. The summed E-state index contributed by atoms with van der Waals surface area (Å²) in [7, 11) is 1.88. The highest BCUT2D eigenvalue weighted by Gasteiger charge is 2.42. The SMILES string of the molecule is CN=C(NCC1CN(CC(C)C)CCO1)N1CCC2(CCOC2)C1. The smallest absolute Gasteiger partial charge is 0.193 e. The minimum atomic E-state index is 0.251. The van der Waals surface area contributed by atoms with Crippen molar-refractivity contribution in [2.45, 2.75) is 32.8 Å². The van der Waals surface area contributed by atoms with Gasteiger partial charge in [0, 0.05) is 58.3 Å². The summed E-state index contributed by atoms with van der Waals surface area (Å²) in [6.45, 7) is 13.4. The molecule has 2 unspecified atom stereocenters. The standard InChI is InChI=1S/C18H34N4O2/c1-15(2)11-21-7-9-24-16(12-21)10-20-17(19-3)22-6-4-18(13-22)5-8-23-14-18/h15-16H,4-14H2,1-3H3,(H,19,20). The van der Waals surface area contributed by atoms with Crippen molar-refractivity contribution in [3.63, 3.8) is 0 Å². The molecule has 3 saturated heterocycles. The summed E-state index contributed by atoms with van der Waals surface area (Å²) in [6, 6.07) is 0. The van der Waals surface area contributed by atoms with Gasteiger partial charge in [-0.2, -0.15) is 0 Å². The number of hydrogen-bond acceptors (Lipinski definition) is 4. The van der Waals surface area contributed by atoms with Gasteiger partial charge in [-0.1, -0.05) is 13.8 Å². The van der Waals surface area contributed by atoms with Gasteiger partial charge in [-0.3, -0.25) is 9.89 Å². The van der Waals surface area contributed by atoms with Gasteiger partial charge in [0.2, 0.25) is 0 Å². The number of ether oxygens (including phenoxy) is 2. The van der Waals surface area contributed by atoms with Crippen LogP contribution in [0.3, 0.4) is 0 Å². The Labute approximate surface area is 146 Å². The number of rotatable bonds is 4. The molecule has 24 heavy (non-hydrogen) atoms. The van der Waals surface area contributed by atoms with E-state index in [2.05, 4.69) is 34.0 Å². The van der Waals surface area contributed by atoms with Crippen LogP contribution in [0.25, 0.3) is 0 Å². The molecule has 0 aromatic carbocycles. The molecule has 3 fully saturated rings. The lowest BCUT2D eigenvalue weighted by Gasteiger charge is -2.34. The number of nitrogens with one attached hydrogen (secondary N) is 1. The molecule has 0 aromatic heterocycles. The average Bonchev–Trinajstić information content (AvgIpc) is 3.18. The number of nitrogens with zero attached hydrogens (tertiary/aromatic N) is 3. The van der Waals surface area contributed by atoms with Gasteiger partial charge in [-0.25, -0.2) is 0 Å². The summed E-state index contributed by atoms with van der Waals surface area (Å²) >= 11 is 0. The summed E-state index contributed by atoms with van der Waals surface area (Å²) in [4.78, 5) is 9.41. The van der Waals surface area contributed by atoms with E-state index in [1.165, 1.54) is 12.8 Å². The monoisotopic (exact) mass is 338 g/mol. The maximum Gasteiger partial charge on any atom is 0.193 e. The minimum Gasteiger partial charge on any atom is -0.381 e. The van der Waals surface area contributed by atoms with Crippen molar-refractivity contribution in [2.75, 3.05) is 66.1 Å². The van der Waals surface area contributed by atoms with Crippen LogP contribution >= 0.6 is 0 Å². The molecule has 1 spiro atoms. The third kappa shape index (κ3) is 4.41. The van der Waals surface area contributed by atoms with Crippen molar-refractivity contribution in [1.29, 1.82) is 0 Å². The number of morpholine rings is 1. The van der Waals surface area contributed by atoms with Gasteiger partial charge in [-0.15, -0.1) is 0 Å². The Bertz CT molecular complexity index is 435. The molecular formula is C18H34N4O2. The zero-order chi connectivity index (χ0) is 17.0. The molecule has 3 heterocycles. The average molecular weight is 338 g/mol. The van der Waals surface area contributed by atoms with Crippen LogP contribution in [0, 0.1) is 11.3 Å². The number of likely N-dealkylation sites (tertiary alicyclic amines) is 1. The molecule has 0 bridgehead atoms. The van der Waals surface area contributed by atoms with E-state index < -0.39 is 0 Å². The first-order valence-corrected chi connectivity index (χ1v) is 9.47. The molecule has 0 amide bonds. The maximum atomic E-state index is 5.94. The Balaban J connectivity index is 1.46. The van der Waals surface area contributed by atoms with E-state index in [-0.39, 0.29) is 6.10 Å². The molecular weight excluding hydrogens is 304 g/mol. The number of guanidine groups is 1. The van der Waals surface area contributed by atoms with Gasteiger partial charge in [-0.05, 0) is 18.8 Å². The lowest BCUT2D eigenvalue weighted by molar-refractivity contribution is -0.0286. The molecule has 138 valence electrons. The second-order valence-corrected chi connectivity index (χ2v) is 8.05. The largest absolute Gasteiger partial charge is 0.381 e. The Morgan fingerprint density at radius 3 is 2.88 bits per heavy atom. The van der Waals surface area contributed by atoms with Crippen molar-refractivity contribution in [2.24, 2.45) is 16.3 Å². The van der Waals surface area contributed by atoms with Crippen LogP contribution < -0.4 is 5.32 Å². The lowest BCUT2D eigenvalue weighted by Crippen LogP contribution is -2.50. The molecule has 0 aromatic rings. The summed E-state index contributed by atoms with van der Waals surface area (Å²) in [5.41, 5.74) is 0.368. The second kappa shape index (κ2) is 8.02. The van der Waals surface area contributed by atoms with Crippen molar-refractivity contribution >= 4 is 5.96 Å². The molecule has 6 heteroatoms. The second-order valence-electron chi connectivity index (χ2n) is 8.05. The molecule has 6 nitrogen and oxygen atoms in total. The fraction of sp³-hybridized carbons (Fsp3) is 0.944. The van der Waals surface area contributed by atoms with Gasteiger partial charge in [0.1, 0.15) is 0 Å². The fourth-order valence-corrected chi connectivity index (χ4v) is 4.21. The first kappa shape index (κ1) is 18.0. The molecule has 3 aliphatic rings. The zero-order valence-electron chi connectivity index (χ0n) is 15.6. The molecule has 1 N–H and O–H groups in total. The third-order valence-corrected chi connectivity index (χ3v) is 5.47. The molecule has 0 radical (unpaired) electrons. The van der Waals surface area contributed by atoms with E-state index in [4.69, 9.17) is 9.47 Å². The van der Waals surface area contributed by atoms with E-state index in [0.717, 1.165) is 65.0 Å². The molecule has 0 aliphatic carbocycles. The van der Waals surface area contributed by atoms with E-state index in [0.29, 0.717) is 11.3 Å². The van der Waals surface area contributed by atoms with Crippen LogP contribution in [-0.4, -0.2) is 88.0 Å². The van der Waals surface area contributed by atoms with E-state index >= 15 is 0 Å². The van der Waals surface area contributed by atoms with Crippen LogP contribution in [0.15, 0.2) is 4.99 Å². The Kier molecular flexibility index (Phi) is 6.00. The van der Waals surface area contributed by atoms with Crippen LogP contribution in [0.1, 0.15) is 26.7 Å². The van der Waals surface area contributed by atoms with Crippen molar-refractivity contribution in [3.8, 4) is 0 Å². The lowest BCUT2D eigenvalue weighted by atomic mass is 9.87.